The molecule has 1 aliphatic heterocycles. The minimum atomic E-state index is -3.94. The lowest BCUT2D eigenvalue weighted by atomic mass is 10.0. The van der Waals surface area contributed by atoms with Gasteiger partial charge in [-0.25, -0.2) is 12.8 Å². The molecule has 1 heterocycles. The largest absolute Gasteiger partial charge is 0.497 e. The Labute approximate surface area is 198 Å². The number of sulfonamides is 1. The summed E-state index contributed by atoms with van der Waals surface area (Å²) in [6.45, 7) is 0.220. The van der Waals surface area contributed by atoms with E-state index in [1.54, 1.807) is 32.4 Å². The number of methoxy groups -OCH3 is 2. The lowest BCUT2D eigenvalue weighted by Gasteiger charge is -2.23. The number of halogens is 1. The van der Waals surface area contributed by atoms with Crippen molar-refractivity contribution in [1.82, 2.24) is 4.31 Å². The molecule has 1 N–H and O–H groups in total. The molecule has 4 rings (SSSR count). The van der Waals surface area contributed by atoms with Gasteiger partial charge in [-0.3, -0.25) is 4.79 Å². The van der Waals surface area contributed by atoms with Gasteiger partial charge in [-0.2, -0.15) is 4.31 Å². The van der Waals surface area contributed by atoms with Crippen LogP contribution in [0.3, 0.4) is 0 Å². The Kier molecular flexibility index (Phi) is 6.85. The van der Waals surface area contributed by atoms with E-state index in [0.29, 0.717) is 24.3 Å². The van der Waals surface area contributed by atoms with Gasteiger partial charge in [-0.05, 0) is 73.0 Å². The fourth-order valence-electron chi connectivity index (χ4n) is 4.04. The van der Waals surface area contributed by atoms with Gasteiger partial charge in [0.25, 0.3) is 0 Å². The van der Waals surface area contributed by atoms with E-state index in [-0.39, 0.29) is 11.4 Å². The third kappa shape index (κ3) is 4.76. The number of anilines is 1. The van der Waals surface area contributed by atoms with Gasteiger partial charge in [-0.15, -0.1) is 0 Å². The van der Waals surface area contributed by atoms with Crippen molar-refractivity contribution in [2.75, 3.05) is 26.1 Å². The van der Waals surface area contributed by atoms with E-state index in [9.17, 15) is 17.6 Å². The van der Waals surface area contributed by atoms with Crippen molar-refractivity contribution in [2.24, 2.45) is 0 Å². The van der Waals surface area contributed by atoms with Crippen molar-refractivity contribution in [2.45, 2.75) is 23.8 Å². The Balaban J connectivity index is 1.57. The van der Waals surface area contributed by atoms with Crippen LogP contribution >= 0.6 is 0 Å². The molecule has 3 aromatic carbocycles. The summed E-state index contributed by atoms with van der Waals surface area (Å²) in [6.07, 6.45) is 0.950. The van der Waals surface area contributed by atoms with Crippen LogP contribution in [0, 0.1) is 5.82 Å². The number of benzene rings is 3. The normalized spacial score (nSPS) is 16.3. The Morgan fingerprint density at radius 1 is 1.00 bits per heavy atom. The summed E-state index contributed by atoms with van der Waals surface area (Å²) in [4.78, 5) is 13.1. The van der Waals surface area contributed by atoms with E-state index in [4.69, 9.17) is 9.47 Å². The fourth-order valence-corrected chi connectivity index (χ4v) is 5.70. The predicted octanol–water partition coefficient (Wildman–Crippen LogP) is 4.30. The summed E-state index contributed by atoms with van der Waals surface area (Å²) >= 11 is 0. The summed E-state index contributed by atoms with van der Waals surface area (Å²) in [5.74, 6) is 0.399. The first-order valence-corrected chi connectivity index (χ1v) is 12.2. The van der Waals surface area contributed by atoms with Crippen molar-refractivity contribution in [3.63, 3.8) is 0 Å². The molecule has 34 heavy (non-hydrogen) atoms. The smallest absolute Gasteiger partial charge is 0.243 e. The molecule has 0 saturated carbocycles. The Morgan fingerprint density at radius 2 is 1.71 bits per heavy atom. The van der Waals surface area contributed by atoms with Crippen LogP contribution in [0.2, 0.25) is 0 Å². The first-order chi connectivity index (χ1) is 16.3. The highest BCUT2D eigenvalue weighted by Crippen LogP contribution is 2.34. The SMILES string of the molecule is COc1ccc(-c2cc(NC(=O)[C@@H]3CCCN3S(=O)(=O)c3ccc(F)cc3)ccc2OC)cc1. The number of nitrogens with zero attached hydrogens (tertiary/aromatic N) is 1. The van der Waals surface area contributed by atoms with Gasteiger partial charge in [-0.1, -0.05) is 12.1 Å². The molecule has 1 aliphatic rings. The second kappa shape index (κ2) is 9.82. The zero-order valence-corrected chi connectivity index (χ0v) is 19.6. The summed E-state index contributed by atoms with van der Waals surface area (Å²) in [5.41, 5.74) is 2.16. The third-order valence-electron chi connectivity index (χ3n) is 5.79. The summed E-state index contributed by atoms with van der Waals surface area (Å²) < 4.78 is 51.3. The summed E-state index contributed by atoms with van der Waals surface area (Å²) in [6, 6.07) is 16.4. The molecular weight excluding hydrogens is 459 g/mol. The van der Waals surface area contributed by atoms with Crippen LogP contribution in [-0.4, -0.2) is 45.4 Å². The number of hydrogen-bond acceptors (Lipinski definition) is 5. The van der Waals surface area contributed by atoms with E-state index < -0.39 is 27.8 Å². The average molecular weight is 485 g/mol. The Hall–Kier alpha value is -3.43. The molecule has 1 amide bonds. The second-order valence-electron chi connectivity index (χ2n) is 7.86. The topological polar surface area (TPSA) is 84.9 Å². The maximum absolute atomic E-state index is 13.3. The van der Waals surface area contributed by atoms with E-state index in [1.165, 1.54) is 16.4 Å². The van der Waals surface area contributed by atoms with Gasteiger partial charge in [0, 0.05) is 17.8 Å². The highest BCUT2D eigenvalue weighted by Gasteiger charge is 2.39. The van der Waals surface area contributed by atoms with Crippen molar-refractivity contribution >= 4 is 21.6 Å². The number of ether oxygens (including phenoxy) is 2. The van der Waals surface area contributed by atoms with Crippen LogP contribution in [0.25, 0.3) is 11.1 Å². The maximum atomic E-state index is 13.3. The number of carbonyl (C=O) groups excluding carboxylic acids is 1. The molecule has 7 nitrogen and oxygen atoms in total. The van der Waals surface area contributed by atoms with E-state index in [0.717, 1.165) is 29.0 Å². The van der Waals surface area contributed by atoms with Crippen molar-refractivity contribution in [1.29, 1.82) is 0 Å². The molecule has 1 fully saturated rings. The number of carbonyl (C=O) groups is 1. The number of hydrogen-bond donors (Lipinski definition) is 1. The van der Waals surface area contributed by atoms with E-state index >= 15 is 0 Å². The van der Waals surface area contributed by atoms with Gasteiger partial charge in [0.05, 0.1) is 19.1 Å². The van der Waals surface area contributed by atoms with Crippen LogP contribution in [0.1, 0.15) is 12.8 Å². The summed E-state index contributed by atoms with van der Waals surface area (Å²) in [7, 11) is -0.778. The zero-order valence-electron chi connectivity index (χ0n) is 18.8. The van der Waals surface area contributed by atoms with Crippen molar-refractivity contribution < 1.29 is 27.1 Å². The van der Waals surface area contributed by atoms with Crippen LogP contribution in [-0.2, 0) is 14.8 Å². The monoisotopic (exact) mass is 484 g/mol. The van der Waals surface area contributed by atoms with Gasteiger partial charge in [0.2, 0.25) is 15.9 Å². The number of amides is 1. The number of rotatable bonds is 7. The van der Waals surface area contributed by atoms with E-state index in [2.05, 4.69) is 5.32 Å². The van der Waals surface area contributed by atoms with Crippen LogP contribution in [0.5, 0.6) is 11.5 Å². The third-order valence-corrected chi connectivity index (χ3v) is 7.72. The minimum absolute atomic E-state index is 0.0418. The standard InChI is InChI=1S/C25H25FN2O5S/c1-32-20-10-5-17(6-11-20)22-16-19(9-14-24(22)33-2)27-25(29)23-4-3-15-28(23)34(30,31)21-12-7-18(26)8-13-21/h5-14,16,23H,3-4,15H2,1-2H3,(H,27,29)/t23-/m0/s1. The lowest BCUT2D eigenvalue weighted by Crippen LogP contribution is -2.43. The molecule has 1 saturated heterocycles. The highest BCUT2D eigenvalue weighted by molar-refractivity contribution is 7.89. The molecule has 0 spiro atoms. The molecule has 0 radical (unpaired) electrons. The molecule has 1 atom stereocenters. The zero-order chi connectivity index (χ0) is 24.3. The predicted molar refractivity (Wildman–Crippen MR) is 127 cm³/mol. The maximum Gasteiger partial charge on any atom is 0.243 e. The van der Waals surface area contributed by atoms with Crippen molar-refractivity contribution in [3.05, 3.63) is 72.5 Å². The quantitative estimate of drug-likeness (QED) is 0.541. The van der Waals surface area contributed by atoms with Crippen molar-refractivity contribution in [3.8, 4) is 22.6 Å². The molecule has 0 unspecified atom stereocenters. The molecule has 178 valence electrons. The first kappa shape index (κ1) is 23.7. The van der Waals surface area contributed by atoms with Crippen LogP contribution in [0.4, 0.5) is 10.1 Å². The van der Waals surface area contributed by atoms with Crippen LogP contribution in [0.15, 0.2) is 71.6 Å². The second-order valence-corrected chi connectivity index (χ2v) is 9.75. The summed E-state index contributed by atoms with van der Waals surface area (Å²) in [5, 5.41) is 2.85. The van der Waals surface area contributed by atoms with Gasteiger partial charge >= 0.3 is 0 Å². The molecule has 0 bridgehead atoms. The molecule has 9 heteroatoms. The lowest BCUT2D eigenvalue weighted by molar-refractivity contribution is -0.119. The van der Waals surface area contributed by atoms with E-state index in [1.807, 2.05) is 24.3 Å². The molecule has 3 aromatic rings. The highest BCUT2D eigenvalue weighted by atomic mass is 32.2. The molecule has 0 aliphatic carbocycles. The van der Waals surface area contributed by atoms with Gasteiger partial charge in [0.15, 0.2) is 0 Å². The van der Waals surface area contributed by atoms with Crippen LogP contribution < -0.4 is 14.8 Å². The number of nitrogens with one attached hydrogen (secondary N) is 1. The van der Waals surface area contributed by atoms with Gasteiger partial charge < -0.3 is 14.8 Å². The molecule has 0 aromatic heterocycles. The molecular formula is C25H25FN2O5S. The first-order valence-electron chi connectivity index (χ1n) is 10.7. The fraction of sp³-hybridized carbons (Fsp3) is 0.240. The minimum Gasteiger partial charge on any atom is -0.497 e. The van der Waals surface area contributed by atoms with Gasteiger partial charge in [0.1, 0.15) is 23.4 Å². The average Bonchev–Trinajstić information content (AvgIpc) is 3.36. The Bertz CT molecular complexity index is 1280. The Morgan fingerprint density at radius 3 is 2.35 bits per heavy atom.